The topological polar surface area (TPSA) is 71.7 Å². The van der Waals surface area contributed by atoms with E-state index in [0.29, 0.717) is 22.0 Å². The van der Waals surface area contributed by atoms with Crippen molar-refractivity contribution in [3.05, 3.63) is 45.5 Å². The summed E-state index contributed by atoms with van der Waals surface area (Å²) in [6.07, 6.45) is 6.52. The van der Waals surface area contributed by atoms with Gasteiger partial charge in [0.15, 0.2) is 4.80 Å². The number of rotatable bonds is 4. The number of hydrogen-bond acceptors (Lipinski definition) is 5. The van der Waals surface area contributed by atoms with E-state index in [0.717, 1.165) is 21.6 Å². The van der Waals surface area contributed by atoms with E-state index in [9.17, 15) is 13.2 Å². The third-order valence-electron chi connectivity index (χ3n) is 4.64. The molecule has 0 spiro atoms. The van der Waals surface area contributed by atoms with Gasteiger partial charge in [-0.1, -0.05) is 41.0 Å². The van der Waals surface area contributed by atoms with Crippen LogP contribution in [0.1, 0.15) is 12.8 Å². The lowest BCUT2D eigenvalue weighted by molar-refractivity contribution is -0.121. The predicted octanol–water partition coefficient (Wildman–Crippen LogP) is 3.33. The Hall–Kier alpha value is -1.96. The first-order valence-electron chi connectivity index (χ1n) is 8.79. The maximum Gasteiger partial charge on any atom is 0.266 e. The number of para-hydroxylation sites is 1. The standard InChI is InChI=1S/C19H16ClN3O3S3/c1-2-11-22-13-6-3-4-8-15(13)27-19(22)21-18(24)14-7-5-12-23(14)29(25,26)17-10-9-16(20)28-17/h1,3-4,6,8-10,14H,5,7,11-12H2. The van der Waals surface area contributed by atoms with Crippen LogP contribution in [0.4, 0.5) is 0 Å². The van der Waals surface area contributed by atoms with Gasteiger partial charge < -0.3 is 4.57 Å². The molecule has 3 aromatic rings. The molecule has 1 atom stereocenters. The molecular formula is C19H16ClN3O3S3. The van der Waals surface area contributed by atoms with Gasteiger partial charge in [-0.05, 0) is 37.1 Å². The number of amides is 1. The van der Waals surface area contributed by atoms with Crippen LogP contribution in [0.15, 0.2) is 45.6 Å². The van der Waals surface area contributed by atoms with Crippen molar-refractivity contribution in [1.29, 1.82) is 0 Å². The Morgan fingerprint density at radius 3 is 2.79 bits per heavy atom. The average molecular weight is 466 g/mol. The second kappa shape index (κ2) is 8.05. The van der Waals surface area contributed by atoms with Gasteiger partial charge in [0.2, 0.25) is 0 Å². The minimum absolute atomic E-state index is 0.131. The van der Waals surface area contributed by atoms with Crippen LogP contribution in [0.2, 0.25) is 4.34 Å². The summed E-state index contributed by atoms with van der Waals surface area (Å²) in [7, 11) is -3.80. The van der Waals surface area contributed by atoms with E-state index >= 15 is 0 Å². The van der Waals surface area contributed by atoms with Crippen molar-refractivity contribution in [3.8, 4) is 12.3 Å². The molecule has 0 aliphatic carbocycles. The van der Waals surface area contributed by atoms with Crippen molar-refractivity contribution < 1.29 is 13.2 Å². The molecule has 150 valence electrons. The van der Waals surface area contributed by atoms with Crippen LogP contribution in [0.3, 0.4) is 0 Å². The monoisotopic (exact) mass is 465 g/mol. The Morgan fingerprint density at radius 1 is 1.28 bits per heavy atom. The first-order valence-corrected chi connectivity index (χ1v) is 12.2. The van der Waals surface area contributed by atoms with Crippen molar-refractivity contribution in [2.45, 2.75) is 29.6 Å². The van der Waals surface area contributed by atoms with E-state index in [4.69, 9.17) is 18.0 Å². The summed E-state index contributed by atoms with van der Waals surface area (Å²) in [4.78, 5) is 17.7. The van der Waals surface area contributed by atoms with E-state index in [1.54, 1.807) is 4.57 Å². The lowest BCUT2D eigenvalue weighted by Gasteiger charge is -2.20. The number of thiazole rings is 1. The van der Waals surface area contributed by atoms with E-state index in [-0.39, 0.29) is 17.3 Å². The Labute approximate surface area is 181 Å². The number of aromatic nitrogens is 1. The Balaban J connectivity index is 1.72. The number of fused-ring (bicyclic) bond motifs is 1. The number of carbonyl (C=O) groups excluding carboxylic acids is 1. The summed E-state index contributed by atoms with van der Waals surface area (Å²) in [5, 5.41) is 0. The second-order valence-electron chi connectivity index (χ2n) is 6.42. The molecule has 1 unspecified atom stereocenters. The van der Waals surface area contributed by atoms with Gasteiger partial charge in [-0.2, -0.15) is 9.30 Å². The van der Waals surface area contributed by atoms with Gasteiger partial charge in [-0.15, -0.1) is 17.8 Å². The summed E-state index contributed by atoms with van der Waals surface area (Å²) < 4.78 is 30.5. The van der Waals surface area contributed by atoms with Gasteiger partial charge in [0, 0.05) is 6.54 Å². The molecule has 0 N–H and O–H groups in total. The number of nitrogens with zero attached hydrogens (tertiary/aromatic N) is 3. The number of benzene rings is 1. The SMILES string of the molecule is C#CCn1c(=NC(=O)C2CCCN2S(=O)(=O)c2ccc(Cl)s2)sc2ccccc21. The van der Waals surface area contributed by atoms with Crippen molar-refractivity contribution in [2.24, 2.45) is 4.99 Å². The molecule has 10 heteroatoms. The highest BCUT2D eigenvalue weighted by Crippen LogP contribution is 2.32. The highest BCUT2D eigenvalue weighted by atomic mass is 35.5. The molecule has 1 aromatic carbocycles. The van der Waals surface area contributed by atoms with Crippen LogP contribution < -0.4 is 4.80 Å². The fraction of sp³-hybridized carbons (Fsp3) is 0.263. The van der Waals surface area contributed by atoms with E-state index in [1.165, 1.54) is 27.8 Å². The fourth-order valence-electron chi connectivity index (χ4n) is 3.35. The summed E-state index contributed by atoms with van der Waals surface area (Å²) in [5.41, 5.74) is 0.895. The highest BCUT2D eigenvalue weighted by molar-refractivity contribution is 7.91. The molecule has 4 rings (SSSR count). The molecule has 3 heterocycles. The minimum atomic E-state index is -3.80. The van der Waals surface area contributed by atoms with Gasteiger partial charge >= 0.3 is 0 Å². The third kappa shape index (κ3) is 3.79. The summed E-state index contributed by atoms with van der Waals surface area (Å²) >= 11 is 8.23. The minimum Gasteiger partial charge on any atom is -0.305 e. The van der Waals surface area contributed by atoms with E-state index in [1.807, 2.05) is 24.3 Å². The normalized spacial score (nSPS) is 18.3. The van der Waals surface area contributed by atoms with Gasteiger partial charge in [-0.3, -0.25) is 4.79 Å². The Kier molecular flexibility index (Phi) is 5.64. The van der Waals surface area contributed by atoms with Crippen LogP contribution in [0.5, 0.6) is 0 Å². The first-order chi connectivity index (χ1) is 13.9. The molecule has 2 aromatic heterocycles. The van der Waals surface area contributed by atoms with E-state index in [2.05, 4.69) is 10.9 Å². The number of sulfonamides is 1. The zero-order valence-corrected chi connectivity index (χ0v) is 18.3. The van der Waals surface area contributed by atoms with Gasteiger partial charge in [-0.25, -0.2) is 8.42 Å². The molecule has 1 aliphatic heterocycles. The zero-order chi connectivity index (χ0) is 20.6. The average Bonchev–Trinajstić information content (AvgIpc) is 3.41. The van der Waals surface area contributed by atoms with Crippen LogP contribution in [0, 0.1) is 12.3 Å². The molecule has 1 fully saturated rings. The largest absolute Gasteiger partial charge is 0.305 e. The molecule has 1 saturated heterocycles. The maximum absolute atomic E-state index is 13.0. The van der Waals surface area contributed by atoms with Gasteiger partial charge in [0.1, 0.15) is 10.3 Å². The maximum atomic E-state index is 13.0. The third-order valence-corrected chi connectivity index (χ3v) is 9.31. The molecule has 29 heavy (non-hydrogen) atoms. The van der Waals surface area contributed by atoms with E-state index < -0.39 is 22.0 Å². The number of carbonyl (C=O) groups is 1. The van der Waals surface area contributed by atoms with Crippen molar-refractivity contribution in [1.82, 2.24) is 8.87 Å². The lowest BCUT2D eigenvalue weighted by atomic mass is 10.2. The van der Waals surface area contributed by atoms with Gasteiger partial charge in [0.25, 0.3) is 15.9 Å². The van der Waals surface area contributed by atoms with Crippen LogP contribution in [-0.4, -0.2) is 35.8 Å². The smallest absolute Gasteiger partial charge is 0.266 e. The number of terminal acetylenes is 1. The van der Waals surface area contributed by atoms with Crippen molar-refractivity contribution >= 4 is 60.4 Å². The quantitative estimate of drug-likeness (QED) is 0.555. The highest BCUT2D eigenvalue weighted by Gasteiger charge is 2.40. The first kappa shape index (κ1) is 20.3. The van der Waals surface area contributed by atoms with Gasteiger partial charge in [0.05, 0.1) is 21.1 Å². The Morgan fingerprint density at radius 2 is 2.07 bits per heavy atom. The Bertz CT molecular complexity index is 1300. The zero-order valence-electron chi connectivity index (χ0n) is 15.1. The summed E-state index contributed by atoms with van der Waals surface area (Å²) in [6, 6.07) is 9.82. The molecule has 1 amide bonds. The number of halogens is 1. The van der Waals surface area contributed by atoms with Crippen molar-refractivity contribution in [2.75, 3.05) is 6.54 Å². The molecule has 1 aliphatic rings. The fourth-order valence-corrected chi connectivity index (χ4v) is 7.64. The molecular weight excluding hydrogens is 450 g/mol. The second-order valence-corrected chi connectivity index (χ2v) is 11.3. The number of thiophene rings is 1. The molecule has 0 saturated carbocycles. The molecule has 0 bridgehead atoms. The van der Waals surface area contributed by atoms with Crippen molar-refractivity contribution in [3.63, 3.8) is 0 Å². The van der Waals surface area contributed by atoms with Crippen LogP contribution in [0.25, 0.3) is 10.2 Å². The summed E-state index contributed by atoms with van der Waals surface area (Å²) in [5.74, 6) is 2.10. The molecule has 6 nitrogen and oxygen atoms in total. The lowest BCUT2D eigenvalue weighted by Crippen LogP contribution is -2.40. The molecule has 0 radical (unpaired) electrons. The predicted molar refractivity (Wildman–Crippen MR) is 115 cm³/mol. The summed E-state index contributed by atoms with van der Waals surface area (Å²) in [6.45, 7) is 0.553. The van der Waals surface area contributed by atoms with Crippen LogP contribution in [-0.2, 0) is 21.4 Å². The van der Waals surface area contributed by atoms with Crippen LogP contribution >= 0.6 is 34.3 Å². The number of hydrogen-bond donors (Lipinski definition) is 0.